The molecule has 1 aliphatic heterocycles. The summed E-state index contributed by atoms with van der Waals surface area (Å²) in [5.41, 5.74) is 0. The first-order valence-corrected chi connectivity index (χ1v) is 7.95. The summed E-state index contributed by atoms with van der Waals surface area (Å²) >= 11 is 6.32. The maximum absolute atomic E-state index is 6.32. The van der Waals surface area contributed by atoms with E-state index in [1.165, 1.54) is 0 Å². The van der Waals surface area contributed by atoms with Gasteiger partial charge in [0.05, 0.1) is 5.02 Å². The van der Waals surface area contributed by atoms with Gasteiger partial charge < -0.3 is 9.64 Å². The van der Waals surface area contributed by atoms with Gasteiger partial charge >= 0.3 is 0 Å². The Kier molecular flexibility index (Phi) is 4.32. The summed E-state index contributed by atoms with van der Waals surface area (Å²) in [6, 6.07) is 6.54. The number of nitrogens with zero attached hydrogens (tertiary/aromatic N) is 2. The number of likely N-dealkylation sites (tertiary alicyclic amines) is 1. The van der Waals surface area contributed by atoms with Crippen LogP contribution < -0.4 is 4.74 Å². The van der Waals surface area contributed by atoms with E-state index in [9.17, 15) is 0 Å². The summed E-state index contributed by atoms with van der Waals surface area (Å²) < 4.78 is 6.14. The van der Waals surface area contributed by atoms with E-state index in [0.29, 0.717) is 11.1 Å². The Morgan fingerprint density at radius 1 is 1.29 bits per heavy atom. The molecule has 4 heteroatoms. The molecule has 0 unspecified atom stereocenters. The van der Waals surface area contributed by atoms with Crippen LogP contribution in [0.2, 0.25) is 5.02 Å². The third-order valence-electron chi connectivity index (χ3n) is 4.19. The molecular formula is C17H21ClN2O. The molecule has 0 saturated carbocycles. The van der Waals surface area contributed by atoms with E-state index in [1.54, 1.807) is 12.4 Å². The third-order valence-corrected chi connectivity index (χ3v) is 4.50. The standard InChI is InChI=1S/C17H21ClN2O/c1-12(2)20-7-4-14(5-8-20)21-15-9-13-3-6-19-11-16(13)17(18)10-15/h3,6,9-12,14H,4-5,7-8H2,1-2H3. The first kappa shape index (κ1) is 14.6. The molecule has 0 amide bonds. The highest BCUT2D eigenvalue weighted by atomic mass is 35.5. The molecule has 3 rings (SSSR count). The van der Waals surface area contributed by atoms with Crippen LogP contribution in [0.25, 0.3) is 10.8 Å². The number of pyridine rings is 1. The summed E-state index contributed by atoms with van der Waals surface area (Å²) in [6.07, 6.45) is 6.01. The maximum atomic E-state index is 6.32. The van der Waals surface area contributed by atoms with Crippen LogP contribution in [0.15, 0.2) is 30.6 Å². The fourth-order valence-corrected chi connectivity index (χ4v) is 3.16. The lowest BCUT2D eigenvalue weighted by Gasteiger charge is -2.34. The monoisotopic (exact) mass is 304 g/mol. The first-order chi connectivity index (χ1) is 10.1. The van der Waals surface area contributed by atoms with Gasteiger partial charge in [0.25, 0.3) is 0 Å². The molecule has 21 heavy (non-hydrogen) atoms. The van der Waals surface area contributed by atoms with E-state index in [4.69, 9.17) is 16.3 Å². The van der Waals surface area contributed by atoms with Gasteiger partial charge in [-0.15, -0.1) is 0 Å². The highest BCUT2D eigenvalue weighted by molar-refractivity contribution is 6.35. The lowest BCUT2D eigenvalue weighted by molar-refractivity contribution is 0.0844. The molecule has 0 radical (unpaired) electrons. The fraction of sp³-hybridized carbons (Fsp3) is 0.471. The molecule has 0 spiro atoms. The second-order valence-electron chi connectivity index (χ2n) is 5.95. The Labute approximate surface area is 130 Å². The number of hydrogen-bond acceptors (Lipinski definition) is 3. The quantitative estimate of drug-likeness (QED) is 0.852. The molecule has 1 fully saturated rings. The summed E-state index contributed by atoms with van der Waals surface area (Å²) in [4.78, 5) is 6.61. The SMILES string of the molecule is CC(C)N1CCC(Oc2cc(Cl)c3cnccc3c2)CC1. The van der Waals surface area contributed by atoms with Gasteiger partial charge in [-0.25, -0.2) is 0 Å². The number of halogens is 1. The largest absolute Gasteiger partial charge is 0.490 e. The molecule has 2 heterocycles. The molecule has 0 aliphatic carbocycles. The van der Waals surface area contributed by atoms with Crippen molar-refractivity contribution in [2.45, 2.75) is 38.8 Å². The predicted octanol–water partition coefficient (Wildman–Crippen LogP) is 4.14. The highest BCUT2D eigenvalue weighted by Crippen LogP contribution is 2.30. The van der Waals surface area contributed by atoms with Crippen molar-refractivity contribution in [1.29, 1.82) is 0 Å². The second kappa shape index (κ2) is 6.20. The maximum Gasteiger partial charge on any atom is 0.121 e. The minimum atomic E-state index is 0.287. The van der Waals surface area contributed by atoms with Gasteiger partial charge in [-0.2, -0.15) is 0 Å². The minimum absolute atomic E-state index is 0.287. The molecular weight excluding hydrogens is 284 g/mol. The summed E-state index contributed by atoms with van der Waals surface area (Å²) in [6.45, 7) is 6.71. The Hall–Kier alpha value is -1.32. The van der Waals surface area contributed by atoms with Crippen molar-refractivity contribution in [3.63, 3.8) is 0 Å². The molecule has 0 N–H and O–H groups in total. The third kappa shape index (κ3) is 3.30. The van der Waals surface area contributed by atoms with Gasteiger partial charge in [0.2, 0.25) is 0 Å². The van der Waals surface area contributed by atoms with Crippen molar-refractivity contribution in [3.05, 3.63) is 35.6 Å². The average molecular weight is 305 g/mol. The predicted molar refractivity (Wildman–Crippen MR) is 87.1 cm³/mol. The zero-order chi connectivity index (χ0) is 14.8. The molecule has 3 nitrogen and oxygen atoms in total. The van der Waals surface area contributed by atoms with E-state index in [2.05, 4.69) is 29.8 Å². The molecule has 1 saturated heterocycles. The van der Waals surface area contributed by atoms with Crippen molar-refractivity contribution in [2.75, 3.05) is 13.1 Å². The average Bonchev–Trinajstić information content (AvgIpc) is 2.48. The van der Waals surface area contributed by atoms with Crippen LogP contribution >= 0.6 is 11.6 Å². The van der Waals surface area contributed by atoms with Crippen molar-refractivity contribution in [1.82, 2.24) is 9.88 Å². The van der Waals surface area contributed by atoms with Gasteiger partial charge in [0.1, 0.15) is 11.9 Å². The number of rotatable bonds is 3. The Balaban J connectivity index is 1.71. The number of fused-ring (bicyclic) bond motifs is 1. The van der Waals surface area contributed by atoms with Gasteiger partial charge in [-0.3, -0.25) is 4.98 Å². The van der Waals surface area contributed by atoms with E-state index in [0.717, 1.165) is 42.5 Å². The Morgan fingerprint density at radius 2 is 2.05 bits per heavy atom. The summed E-state index contributed by atoms with van der Waals surface area (Å²) in [7, 11) is 0. The summed E-state index contributed by atoms with van der Waals surface area (Å²) in [5.74, 6) is 0.863. The van der Waals surface area contributed by atoms with Gasteiger partial charge in [-0.1, -0.05) is 11.6 Å². The van der Waals surface area contributed by atoms with E-state index < -0.39 is 0 Å². The zero-order valence-corrected chi connectivity index (χ0v) is 13.3. The molecule has 1 aromatic carbocycles. The van der Waals surface area contributed by atoms with Gasteiger partial charge in [0, 0.05) is 36.9 Å². The minimum Gasteiger partial charge on any atom is -0.490 e. The number of ether oxygens (including phenoxy) is 1. The smallest absolute Gasteiger partial charge is 0.121 e. The van der Waals surface area contributed by atoms with Gasteiger partial charge in [0.15, 0.2) is 0 Å². The summed E-state index contributed by atoms with van der Waals surface area (Å²) in [5, 5.41) is 2.75. The van der Waals surface area contributed by atoms with Crippen LogP contribution in [0.1, 0.15) is 26.7 Å². The van der Waals surface area contributed by atoms with E-state index in [1.807, 2.05) is 12.1 Å². The van der Waals surface area contributed by atoms with Crippen LogP contribution in [0, 0.1) is 0 Å². The van der Waals surface area contributed by atoms with Gasteiger partial charge in [-0.05, 0) is 50.3 Å². The van der Waals surface area contributed by atoms with E-state index >= 15 is 0 Å². The molecule has 1 aliphatic rings. The Morgan fingerprint density at radius 3 is 2.76 bits per heavy atom. The van der Waals surface area contributed by atoms with Crippen LogP contribution in [0.5, 0.6) is 5.75 Å². The first-order valence-electron chi connectivity index (χ1n) is 7.57. The van der Waals surface area contributed by atoms with Crippen molar-refractivity contribution < 1.29 is 4.74 Å². The van der Waals surface area contributed by atoms with E-state index in [-0.39, 0.29) is 6.10 Å². The topological polar surface area (TPSA) is 25.4 Å². The lowest BCUT2D eigenvalue weighted by Crippen LogP contribution is -2.41. The fourth-order valence-electron chi connectivity index (χ4n) is 2.90. The number of hydrogen-bond donors (Lipinski definition) is 0. The Bertz CT molecular complexity index is 621. The van der Waals surface area contributed by atoms with Crippen molar-refractivity contribution in [3.8, 4) is 5.75 Å². The van der Waals surface area contributed by atoms with Crippen LogP contribution in [0.4, 0.5) is 0 Å². The van der Waals surface area contributed by atoms with Crippen LogP contribution in [0.3, 0.4) is 0 Å². The number of aromatic nitrogens is 1. The molecule has 112 valence electrons. The lowest BCUT2D eigenvalue weighted by atomic mass is 10.1. The van der Waals surface area contributed by atoms with Crippen LogP contribution in [-0.4, -0.2) is 35.1 Å². The number of piperidine rings is 1. The van der Waals surface area contributed by atoms with Crippen molar-refractivity contribution >= 4 is 22.4 Å². The number of benzene rings is 1. The highest BCUT2D eigenvalue weighted by Gasteiger charge is 2.22. The normalized spacial score (nSPS) is 17.5. The van der Waals surface area contributed by atoms with Crippen LogP contribution in [-0.2, 0) is 0 Å². The molecule has 1 aromatic heterocycles. The van der Waals surface area contributed by atoms with Crippen molar-refractivity contribution in [2.24, 2.45) is 0 Å². The second-order valence-corrected chi connectivity index (χ2v) is 6.36. The zero-order valence-electron chi connectivity index (χ0n) is 12.6. The molecule has 0 atom stereocenters. The molecule has 0 bridgehead atoms. The molecule has 2 aromatic rings.